The minimum atomic E-state index is -1.52. The van der Waals surface area contributed by atoms with E-state index in [-0.39, 0.29) is 58.6 Å². The number of aliphatic hydroxyl groups excluding tert-OH is 2. The van der Waals surface area contributed by atoms with Crippen LogP contribution in [0, 0.1) is 11.8 Å². The van der Waals surface area contributed by atoms with Crippen LogP contribution in [0.1, 0.15) is 29.0 Å². The Morgan fingerprint density at radius 3 is 2.53 bits per heavy atom. The normalized spacial score (nSPS) is 25.9. The summed E-state index contributed by atoms with van der Waals surface area (Å²) in [6, 6.07) is 2.84. The van der Waals surface area contributed by atoms with Crippen LogP contribution in [0.4, 0.5) is 0 Å². The van der Waals surface area contributed by atoms with Crippen molar-refractivity contribution in [2.24, 2.45) is 11.8 Å². The molecule has 3 N–H and O–H groups in total. The van der Waals surface area contributed by atoms with Crippen LogP contribution >= 0.6 is 0 Å². The Morgan fingerprint density at radius 1 is 1.05 bits per heavy atom. The molecule has 3 heterocycles. The molecule has 0 amide bonds. The second kappa shape index (κ2) is 7.88. The van der Waals surface area contributed by atoms with E-state index in [0.717, 1.165) is 13.2 Å². The fraction of sp³-hybridized carbons (Fsp3) is 0.308. The molecule has 0 bridgehead atoms. The number of hydrogen-bond acceptors (Lipinski definition) is 12. The van der Waals surface area contributed by atoms with Gasteiger partial charge < -0.3 is 38.7 Å². The molecule has 196 valence electrons. The molecule has 1 spiro atoms. The Kier molecular flexibility index (Phi) is 4.90. The van der Waals surface area contributed by atoms with E-state index < -0.39 is 58.1 Å². The maximum absolute atomic E-state index is 12.8. The van der Waals surface area contributed by atoms with Crippen LogP contribution in [0.3, 0.4) is 0 Å². The third kappa shape index (κ3) is 3.09. The van der Waals surface area contributed by atoms with Gasteiger partial charge in [0.25, 0.3) is 5.79 Å². The Bertz CT molecular complexity index is 1640. The molecular weight excluding hydrogens is 504 g/mol. The summed E-state index contributed by atoms with van der Waals surface area (Å²) in [4.78, 5) is 50.0. The Hall–Kier alpha value is -4.74. The molecule has 3 unspecified atom stereocenters. The third-order valence-corrected chi connectivity index (χ3v) is 7.30. The largest absolute Gasteiger partial charge is 0.511 e. The Morgan fingerprint density at radius 2 is 1.82 bits per heavy atom. The van der Waals surface area contributed by atoms with Gasteiger partial charge in [-0.25, -0.2) is 9.59 Å². The summed E-state index contributed by atoms with van der Waals surface area (Å²) < 4.78 is 26.6. The number of benzene rings is 1. The monoisotopic (exact) mass is 524 g/mol. The summed E-state index contributed by atoms with van der Waals surface area (Å²) in [5.41, 5.74) is -0.384. The van der Waals surface area contributed by atoms with Crippen LogP contribution in [-0.2, 0) is 30.2 Å². The van der Waals surface area contributed by atoms with Crippen LogP contribution < -0.4 is 10.4 Å². The fourth-order valence-electron chi connectivity index (χ4n) is 5.51. The SMILES string of the molecule is COC(=O)c1cc2cc3c(c(O)c2c(=O)o1)OC1(CC3)CC2=C(O)C3C(=O)C=C(OC)C(=O)C3C(O)=C2O1. The number of phenols is 1. The number of fused-ring (bicyclic) bond motifs is 4. The molecule has 1 aromatic heterocycles. The summed E-state index contributed by atoms with van der Waals surface area (Å²) in [5, 5.41) is 33.0. The molecule has 6 rings (SSSR count). The maximum atomic E-state index is 12.8. The average Bonchev–Trinajstić information content (AvgIpc) is 3.27. The first kappa shape index (κ1) is 23.6. The van der Waals surface area contributed by atoms with Crippen LogP contribution in [-0.4, -0.2) is 52.9 Å². The molecule has 4 aliphatic rings. The minimum absolute atomic E-state index is 0.0754. The van der Waals surface area contributed by atoms with Crippen molar-refractivity contribution >= 4 is 28.3 Å². The second-order valence-electron chi connectivity index (χ2n) is 9.37. The number of carbonyl (C=O) groups is 3. The number of aryl methyl sites for hydroxylation is 1. The molecule has 12 nitrogen and oxygen atoms in total. The van der Waals surface area contributed by atoms with Crippen molar-refractivity contribution < 1.29 is 53.1 Å². The van der Waals surface area contributed by atoms with E-state index in [0.29, 0.717) is 5.56 Å². The van der Waals surface area contributed by atoms with Gasteiger partial charge in [0.05, 0.1) is 26.6 Å². The van der Waals surface area contributed by atoms with Gasteiger partial charge in [0, 0.05) is 18.1 Å². The number of carbonyl (C=O) groups excluding carboxylic acids is 3. The fourth-order valence-corrected chi connectivity index (χ4v) is 5.51. The number of ketones is 2. The van der Waals surface area contributed by atoms with E-state index >= 15 is 0 Å². The predicted molar refractivity (Wildman–Crippen MR) is 124 cm³/mol. The van der Waals surface area contributed by atoms with E-state index in [9.17, 15) is 34.5 Å². The van der Waals surface area contributed by atoms with E-state index in [2.05, 4.69) is 4.74 Å². The van der Waals surface area contributed by atoms with Crippen LogP contribution in [0.15, 0.2) is 56.0 Å². The van der Waals surface area contributed by atoms with Gasteiger partial charge in [-0.15, -0.1) is 0 Å². The van der Waals surface area contributed by atoms with Crippen molar-refractivity contribution in [3.05, 3.63) is 68.6 Å². The van der Waals surface area contributed by atoms with Gasteiger partial charge in [0.2, 0.25) is 11.5 Å². The van der Waals surface area contributed by atoms with Crippen LogP contribution in [0.2, 0.25) is 0 Å². The number of esters is 1. The first-order valence-corrected chi connectivity index (χ1v) is 11.6. The zero-order chi connectivity index (χ0) is 27.1. The van der Waals surface area contributed by atoms with Crippen molar-refractivity contribution in [3.63, 3.8) is 0 Å². The molecule has 2 aromatic rings. The van der Waals surface area contributed by atoms with Crippen molar-refractivity contribution in [2.45, 2.75) is 25.0 Å². The smallest absolute Gasteiger partial charge is 0.374 e. The quantitative estimate of drug-likeness (QED) is 0.489. The van der Waals surface area contributed by atoms with Crippen LogP contribution in [0.5, 0.6) is 11.5 Å². The number of phenolic OH excluding ortho intramolecular Hbond substituents is 1. The highest BCUT2D eigenvalue weighted by atomic mass is 16.7. The van der Waals surface area contributed by atoms with Gasteiger partial charge >= 0.3 is 11.6 Å². The zero-order valence-corrected chi connectivity index (χ0v) is 20.0. The number of allylic oxidation sites excluding steroid dienone is 5. The van der Waals surface area contributed by atoms with Gasteiger partial charge in [-0.1, -0.05) is 0 Å². The standard InChI is InChI=1S/C26H20O12/c1-34-13-7-12(27)16-17(19(13)29)21(31)23-11(18(16)28)8-26(38-23)4-3-9-5-10-6-14(24(32)35-2)36-25(33)15(10)20(30)22(9)37-26/h5-7,16-17,28,30-31H,3-4,8H2,1-2H3. The molecule has 2 aliphatic heterocycles. The van der Waals surface area contributed by atoms with E-state index in [1.165, 1.54) is 13.2 Å². The third-order valence-electron chi connectivity index (χ3n) is 7.30. The number of rotatable bonds is 2. The van der Waals surface area contributed by atoms with Gasteiger partial charge in [0.15, 0.2) is 28.8 Å². The van der Waals surface area contributed by atoms with Gasteiger partial charge in [-0.05, 0) is 29.5 Å². The molecule has 1 saturated heterocycles. The number of aliphatic hydroxyl groups is 2. The zero-order valence-electron chi connectivity index (χ0n) is 20.0. The van der Waals surface area contributed by atoms with Crippen molar-refractivity contribution in [1.82, 2.24) is 0 Å². The maximum Gasteiger partial charge on any atom is 0.374 e. The van der Waals surface area contributed by atoms with Crippen molar-refractivity contribution in [1.29, 1.82) is 0 Å². The number of aromatic hydroxyl groups is 1. The van der Waals surface area contributed by atoms with E-state index in [4.69, 9.17) is 18.6 Å². The lowest BCUT2D eigenvalue weighted by molar-refractivity contribution is -0.146. The lowest BCUT2D eigenvalue weighted by Crippen LogP contribution is -2.40. The minimum Gasteiger partial charge on any atom is -0.511 e. The van der Waals surface area contributed by atoms with Gasteiger partial charge in [-0.3, -0.25) is 9.59 Å². The number of Topliss-reactive ketones (excluding diaryl/α,β-unsaturated/α-hetero) is 1. The molecule has 0 radical (unpaired) electrons. The summed E-state index contributed by atoms with van der Waals surface area (Å²) in [5.74, 6) is -8.76. The Labute approximate surface area is 213 Å². The molecule has 12 heteroatoms. The average molecular weight is 524 g/mol. The highest BCUT2D eigenvalue weighted by molar-refractivity contribution is 6.12. The van der Waals surface area contributed by atoms with Crippen molar-refractivity contribution in [3.8, 4) is 11.5 Å². The number of methoxy groups -OCH3 is 2. The topological polar surface area (TPSA) is 179 Å². The summed E-state index contributed by atoms with van der Waals surface area (Å²) in [6.45, 7) is 0. The summed E-state index contributed by atoms with van der Waals surface area (Å²) in [6.07, 6.45) is 1.33. The molecule has 1 aromatic carbocycles. The van der Waals surface area contributed by atoms with E-state index in [1.807, 2.05) is 0 Å². The molecule has 2 aliphatic carbocycles. The Balaban J connectivity index is 1.42. The second-order valence-corrected chi connectivity index (χ2v) is 9.37. The molecule has 0 saturated carbocycles. The lowest BCUT2D eigenvalue weighted by atomic mass is 9.73. The first-order valence-electron chi connectivity index (χ1n) is 11.6. The highest BCUT2D eigenvalue weighted by Gasteiger charge is 2.56. The lowest BCUT2D eigenvalue weighted by Gasteiger charge is -2.35. The first-order chi connectivity index (χ1) is 18.1. The van der Waals surface area contributed by atoms with Crippen LogP contribution in [0.25, 0.3) is 10.8 Å². The number of ether oxygens (including phenoxy) is 4. The molecular formula is C26H20O12. The molecule has 38 heavy (non-hydrogen) atoms. The molecule has 1 fully saturated rings. The highest BCUT2D eigenvalue weighted by Crippen LogP contribution is 2.54. The summed E-state index contributed by atoms with van der Waals surface area (Å²) in [7, 11) is 2.35. The van der Waals surface area contributed by atoms with E-state index in [1.54, 1.807) is 6.07 Å². The number of hydrogen-bond donors (Lipinski definition) is 3. The van der Waals surface area contributed by atoms with Gasteiger partial charge in [0.1, 0.15) is 22.8 Å². The predicted octanol–water partition coefficient (Wildman–Crippen LogP) is 2.24. The molecule has 3 atom stereocenters. The van der Waals surface area contributed by atoms with Gasteiger partial charge in [-0.2, -0.15) is 0 Å². The summed E-state index contributed by atoms with van der Waals surface area (Å²) >= 11 is 0. The van der Waals surface area contributed by atoms with Crippen molar-refractivity contribution in [2.75, 3.05) is 14.2 Å².